The van der Waals surface area contributed by atoms with Gasteiger partial charge in [-0.25, -0.2) is 14.2 Å². The average molecular weight is 336 g/mol. The Balaban J connectivity index is 1.88. The van der Waals surface area contributed by atoms with E-state index < -0.39 is 5.97 Å². The summed E-state index contributed by atoms with van der Waals surface area (Å²) in [4.78, 5) is 28.3. The highest BCUT2D eigenvalue weighted by atomic mass is 19.1. The first-order valence-corrected chi connectivity index (χ1v) is 7.77. The zero-order valence-electron chi connectivity index (χ0n) is 13.1. The normalized spacial score (nSPS) is 14.8. The van der Waals surface area contributed by atoms with Crippen molar-refractivity contribution in [3.63, 3.8) is 0 Å². The van der Waals surface area contributed by atoms with Gasteiger partial charge in [-0.05, 0) is 54.0 Å². The number of halogens is 1. The van der Waals surface area contributed by atoms with E-state index in [1.54, 1.807) is 16.7 Å². The summed E-state index contributed by atoms with van der Waals surface area (Å²) in [5, 5.41) is 9.52. The average Bonchev–Trinajstić information content (AvgIpc) is 2.99. The van der Waals surface area contributed by atoms with Gasteiger partial charge < -0.3 is 5.11 Å². The molecular formula is C19H13FN2O3. The standard InChI is InChI=1S/C19H13FN2O3/c20-14-4-1-11(2-5-14)9-12-7-8-22-17(12)21-16-10-13(19(24)25)3-6-15(16)18(22)23/h1-6,9-10H,7-8H2,(H,24,25)/b12-9+. The summed E-state index contributed by atoms with van der Waals surface area (Å²) in [5.41, 5.74) is 1.96. The monoisotopic (exact) mass is 336 g/mol. The van der Waals surface area contributed by atoms with Crippen LogP contribution in [0.15, 0.2) is 47.3 Å². The number of carboxylic acids is 1. The predicted molar refractivity (Wildman–Crippen MR) is 91.9 cm³/mol. The molecule has 0 saturated heterocycles. The van der Waals surface area contributed by atoms with Crippen LogP contribution < -0.4 is 5.56 Å². The number of nitrogens with zero attached hydrogens (tertiary/aromatic N) is 2. The minimum absolute atomic E-state index is 0.0893. The molecule has 6 heteroatoms. The van der Waals surface area contributed by atoms with Gasteiger partial charge in [-0.2, -0.15) is 0 Å². The molecule has 0 amide bonds. The molecule has 1 aliphatic heterocycles. The molecule has 0 spiro atoms. The second-order valence-corrected chi connectivity index (χ2v) is 5.90. The lowest BCUT2D eigenvalue weighted by Crippen LogP contribution is -2.20. The van der Waals surface area contributed by atoms with E-state index in [-0.39, 0.29) is 16.9 Å². The van der Waals surface area contributed by atoms with Gasteiger partial charge in [0.05, 0.1) is 16.5 Å². The minimum atomic E-state index is -1.06. The molecule has 1 N–H and O–H groups in total. The summed E-state index contributed by atoms with van der Waals surface area (Å²) in [5.74, 6) is -0.841. The van der Waals surface area contributed by atoms with Crippen LogP contribution in [-0.4, -0.2) is 20.6 Å². The third kappa shape index (κ3) is 2.61. The molecule has 1 aliphatic rings. The molecule has 1 aromatic heterocycles. The first-order valence-electron chi connectivity index (χ1n) is 7.77. The van der Waals surface area contributed by atoms with Gasteiger partial charge in [0, 0.05) is 6.54 Å². The molecular weight excluding hydrogens is 323 g/mol. The van der Waals surface area contributed by atoms with Crippen molar-refractivity contribution in [3.05, 3.63) is 75.6 Å². The fraction of sp³-hybridized carbons (Fsp3) is 0.105. The summed E-state index contributed by atoms with van der Waals surface area (Å²) in [6.07, 6.45) is 2.51. The van der Waals surface area contributed by atoms with E-state index in [4.69, 9.17) is 5.11 Å². The molecule has 0 bridgehead atoms. The highest BCUT2D eigenvalue weighted by Crippen LogP contribution is 2.27. The van der Waals surface area contributed by atoms with E-state index >= 15 is 0 Å². The fourth-order valence-corrected chi connectivity index (χ4v) is 3.05. The van der Waals surface area contributed by atoms with Crippen LogP contribution in [0.25, 0.3) is 22.6 Å². The Morgan fingerprint density at radius 1 is 1.20 bits per heavy atom. The Morgan fingerprint density at radius 2 is 1.96 bits per heavy atom. The third-order valence-corrected chi connectivity index (χ3v) is 4.31. The molecule has 2 aromatic carbocycles. The predicted octanol–water partition coefficient (Wildman–Crippen LogP) is 3.18. The zero-order chi connectivity index (χ0) is 17.6. The summed E-state index contributed by atoms with van der Waals surface area (Å²) in [6.45, 7) is 0.519. The van der Waals surface area contributed by atoms with E-state index in [1.165, 1.54) is 30.3 Å². The minimum Gasteiger partial charge on any atom is -0.478 e. The second-order valence-electron chi connectivity index (χ2n) is 5.90. The Labute approximate surface area is 141 Å². The summed E-state index contributed by atoms with van der Waals surface area (Å²) >= 11 is 0. The van der Waals surface area contributed by atoms with Crippen LogP contribution in [-0.2, 0) is 6.54 Å². The van der Waals surface area contributed by atoms with Gasteiger partial charge in [0.15, 0.2) is 0 Å². The number of rotatable bonds is 2. The first-order chi connectivity index (χ1) is 12.0. The molecule has 124 valence electrons. The van der Waals surface area contributed by atoms with Crippen LogP contribution >= 0.6 is 0 Å². The highest BCUT2D eigenvalue weighted by molar-refractivity contribution is 5.93. The molecule has 0 unspecified atom stereocenters. The fourth-order valence-electron chi connectivity index (χ4n) is 3.05. The van der Waals surface area contributed by atoms with Crippen molar-refractivity contribution in [2.75, 3.05) is 0 Å². The van der Waals surface area contributed by atoms with Crippen molar-refractivity contribution < 1.29 is 14.3 Å². The number of fused-ring (bicyclic) bond motifs is 2. The zero-order valence-corrected chi connectivity index (χ0v) is 13.1. The molecule has 3 aromatic rings. The van der Waals surface area contributed by atoms with E-state index in [0.29, 0.717) is 29.7 Å². The first kappa shape index (κ1) is 15.3. The van der Waals surface area contributed by atoms with Crippen LogP contribution in [0, 0.1) is 5.82 Å². The van der Waals surface area contributed by atoms with Gasteiger partial charge in [-0.1, -0.05) is 12.1 Å². The molecule has 0 radical (unpaired) electrons. The van der Waals surface area contributed by atoms with Crippen LogP contribution in [0.2, 0.25) is 0 Å². The smallest absolute Gasteiger partial charge is 0.335 e. The highest BCUT2D eigenvalue weighted by Gasteiger charge is 2.21. The van der Waals surface area contributed by atoms with Crippen LogP contribution in [0.4, 0.5) is 4.39 Å². The quantitative estimate of drug-likeness (QED) is 0.780. The second kappa shape index (κ2) is 5.66. The van der Waals surface area contributed by atoms with Gasteiger partial charge in [0.25, 0.3) is 5.56 Å². The molecule has 4 rings (SSSR count). The number of carboxylic acid groups (broad SMARTS) is 1. The SMILES string of the molecule is O=C(O)c1ccc2c(=O)n3c(nc2c1)/C(=C/c1ccc(F)cc1)CC3. The van der Waals surface area contributed by atoms with E-state index in [1.807, 2.05) is 6.08 Å². The van der Waals surface area contributed by atoms with Gasteiger partial charge in [0.1, 0.15) is 11.6 Å². The Bertz CT molecular complexity index is 1100. The van der Waals surface area contributed by atoms with Crippen molar-refractivity contribution in [1.82, 2.24) is 9.55 Å². The molecule has 25 heavy (non-hydrogen) atoms. The third-order valence-electron chi connectivity index (χ3n) is 4.31. The van der Waals surface area contributed by atoms with Gasteiger partial charge in [-0.15, -0.1) is 0 Å². The number of aromatic nitrogens is 2. The lowest BCUT2D eigenvalue weighted by molar-refractivity contribution is 0.0697. The van der Waals surface area contributed by atoms with E-state index in [2.05, 4.69) is 4.98 Å². The number of allylic oxidation sites excluding steroid dienone is 1. The maximum Gasteiger partial charge on any atom is 0.335 e. The Hall–Kier alpha value is -3.28. The topological polar surface area (TPSA) is 72.2 Å². The van der Waals surface area contributed by atoms with E-state index in [9.17, 15) is 14.0 Å². The van der Waals surface area contributed by atoms with Crippen molar-refractivity contribution in [2.45, 2.75) is 13.0 Å². The number of carbonyl (C=O) groups is 1. The summed E-state index contributed by atoms with van der Waals surface area (Å²) in [7, 11) is 0. The summed E-state index contributed by atoms with van der Waals surface area (Å²) in [6, 6.07) is 10.4. The molecule has 0 aliphatic carbocycles. The van der Waals surface area contributed by atoms with E-state index in [0.717, 1.165) is 11.1 Å². The molecule has 0 fully saturated rings. The number of aromatic carboxylic acids is 1. The van der Waals surface area contributed by atoms with Crippen molar-refractivity contribution in [3.8, 4) is 0 Å². The van der Waals surface area contributed by atoms with Crippen molar-refractivity contribution in [2.24, 2.45) is 0 Å². The Morgan fingerprint density at radius 3 is 2.68 bits per heavy atom. The van der Waals surface area contributed by atoms with Gasteiger partial charge in [-0.3, -0.25) is 9.36 Å². The number of benzene rings is 2. The lowest BCUT2D eigenvalue weighted by atomic mass is 10.1. The maximum atomic E-state index is 13.0. The van der Waals surface area contributed by atoms with Crippen LogP contribution in [0.5, 0.6) is 0 Å². The van der Waals surface area contributed by atoms with Gasteiger partial charge >= 0.3 is 5.97 Å². The van der Waals surface area contributed by atoms with Crippen molar-refractivity contribution in [1.29, 1.82) is 0 Å². The van der Waals surface area contributed by atoms with Crippen molar-refractivity contribution >= 4 is 28.5 Å². The maximum absolute atomic E-state index is 13.0. The molecule has 2 heterocycles. The lowest BCUT2D eigenvalue weighted by Gasteiger charge is -2.06. The Kier molecular flexibility index (Phi) is 3.46. The molecule has 5 nitrogen and oxygen atoms in total. The van der Waals surface area contributed by atoms with Crippen LogP contribution in [0.1, 0.15) is 28.2 Å². The molecule has 0 saturated carbocycles. The van der Waals surface area contributed by atoms with Crippen LogP contribution in [0.3, 0.4) is 0 Å². The largest absolute Gasteiger partial charge is 0.478 e. The summed E-state index contributed by atoms with van der Waals surface area (Å²) < 4.78 is 14.6. The molecule has 0 atom stereocenters. The number of hydrogen-bond donors (Lipinski definition) is 1. The van der Waals surface area contributed by atoms with Gasteiger partial charge in [0.2, 0.25) is 0 Å². The number of hydrogen-bond acceptors (Lipinski definition) is 3.